The lowest BCUT2D eigenvalue weighted by Crippen LogP contribution is -2.71. The van der Waals surface area contributed by atoms with E-state index in [0.29, 0.717) is 23.4 Å². The number of nitrogens with zero attached hydrogens (tertiary/aromatic N) is 2. The number of nitrogens with one attached hydrogen (secondary N) is 3. The van der Waals surface area contributed by atoms with E-state index >= 15 is 0 Å². The van der Waals surface area contributed by atoms with Gasteiger partial charge in [0, 0.05) is 19.7 Å². The normalized spacial score (nSPS) is 16.6. The molecule has 0 aliphatic carbocycles. The van der Waals surface area contributed by atoms with Gasteiger partial charge in [-0.15, -0.1) is 0 Å². The molecule has 3 aromatic rings. The predicted molar refractivity (Wildman–Crippen MR) is 165 cm³/mol. The van der Waals surface area contributed by atoms with Gasteiger partial charge in [0.2, 0.25) is 5.91 Å². The molecule has 0 radical (unpaired) electrons. The molecule has 2 aromatic carbocycles. The molecule has 1 aliphatic heterocycles. The van der Waals surface area contributed by atoms with Crippen LogP contribution < -0.4 is 20.7 Å². The minimum atomic E-state index is -2.11. The molecule has 236 valence electrons. The highest BCUT2D eigenvalue weighted by Gasteiger charge is 2.41. The van der Waals surface area contributed by atoms with Crippen LogP contribution in [0.25, 0.3) is 6.08 Å². The average Bonchev–Trinajstić information content (AvgIpc) is 3.56. The molecular formula is C31H33N5O8S. The molecule has 1 saturated heterocycles. The molecule has 4 N–H and O–H groups in total. The number of ether oxygens (including phenoxy) is 1. The lowest BCUT2D eigenvalue weighted by molar-refractivity contribution is -0.127. The summed E-state index contributed by atoms with van der Waals surface area (Å²) >= 11 is 0.842. The number of aromatic nitrogens is 1. The van der Waals surface area contributed by atoms with Gasteiger partial charge in [0.1, 0.15) is 24.2 Å². The maximum atomic E-state index is 13.4. The molecule has 2 heterocycles. The van der Waals surface area contributed by atoms with Gasteiger partial charge >= 0.3 is 0 Å². The van der Waals surface area contributed by atoms with Gasteiger partial charge in [0.05, 0.1) is 11.0 Å². The number of hydrogen-bond acceptors (Lipinski definition) is 11. The Labute approximate surface area is 263 Å². The molecule has 1 fully saturated rings. The van der Waals surface area contributed by atoms with Crippen molar-refractivity contribution in [3.05, 3.63) is 87.6 Å². The van der Waals surface area contributed by atoms with Crippen LogP contribution in [-0.2, 0) is 20.9 Å². The first-order valence-electron chi connectivity index (χ1n) is 13.9. The third kappa shape index (κ3) is 8.23. The van der Waals surface area contributed by atoms with E-state index < -0.39 is 35.5 Å². The molecule has 4 rings (SSSR count). The minimum Gasteiger partial charge on any atom is -0.491 e. The summed E-state index contributed by atoms with van der Waals surface area (Å²) in [7, 11) is 1.41. The highest BCUT2D eigenvalue weighted by molar-refractivity contribution is 8.18. The lowest BCUT2D eigenvalue weighted by atomic mass is 10.0. The molecule has 1 aromatic heterocycles. The molecule has 13 nitrogen and oxygen atoms in total. The number of aliphatic hydroxyl groups excluding tert-OH is 1. The second-order valence-electron chi connectivity index (χ2n) is 10.5. The van der Waals surface area contributed by atoms with Crippen LogP contribution in [0, 0.1) is 13.8 Å². The average molecular weight is 636 g/mol. The molecule has 45 heavy (non-hydrogen) atoms. The number of amides is 4. The fraction of sp³-hybridized carbons (Fsp3) is 0.290. The van der Waals surface area contributed by atoms with Gasteiger partial charge in [-0.3, -0.25) is 34.2 Å². The zero-order valence-corrected chi connectivity index (χ0v) is 25.8. The molecule has 1 aliphatic rings. The third-order valence-corrected chi connectivity index (χ3v) is 7.88. The number of hydrogen-bond donors (Lipinski definition) is 4. The number of likely N-dealkylation sites (N-methyl/N-ethyl adjacent to an activating group) is 1. The van der Waals surface area contributed by atoms with Crippen molar-refractivity contribution in [3.8, 4) is 5.75 Å². The predicted octanol–water partition coefficient (Wildman–Crippen LogP) is 2.32. The van der Waals surface area contributed by atoms with E-state index in [1.165, 1.54) is 20.0 Å². The second-order valence-corrected chi connectivity index (χ2v) is 11.5. The van der Waals surface area contributed by atoms with Crippen LogP contribution in [0.5, 0.6) is 5.75 Å². The SMILES string of the molecule is Cc1ccc(CNC(=O)[C@H](COc2ccc(C=C3SC(=O)N(C)C3=O)cc2)N[C@](C=O)(NC(=O)c2cc(C)on2)[C@@H](C)O)cc1. The van der Waals surface area contributed by atoms with Crippen molar-refractivity contribution in [2.24, 2.45) is 0 Å². The number of imide groups is 1. The monoisotopic (exact) mass is 635 g/mol. The van der Waals surface area contributed by atoms with Gasteiger partial charge in [0.15, 0.2) is 17.6 Å². The van der Waals surface area contributed by atoms with Crippen molar-refractivity contribution in [1.29, 1.82) is 0 Å². The summed E-state index contributed by atoms with van der Waals surface area (Å²) in [5.41, 5.74) is 0.302. The van der Waals surface area contributed by atoms with Crippen LogP contribution >= 0.6 is 11.8 Å². The summed E-state index contributed by atoms with van der Waals surface area (Å²) in [6.45, 7) is 4.67. The largest absolute Gasteiger partial charge is 0.491 e. The molecule has 4 amide bonds. The van der Waals surface area contributed by atoms with E-state index in [4.69, 9.17) is 9.26 Å². The van der Waals surface area contributed by atoms with E-state index in [2.05, 4.69) is 21.1 Å². The summed E-state index contributed by atoms with van der Waals surface area (Å²) in [6.07, 6.45) is 0.394. The Bertz CT molecular complexity index is 1600. The van der Waals surface area contributed by atoms with E-state index in [1.54, 1.807) is 37.3 Å². The van der Waals surface area contributed by atoms with E-state index in [0.717, 1.165) is 27.8 Å². The molecule has 3 atom stereocenters. The highest BCUT2D eigenvalue weighted by atomic mass is 32.2. The second kappa shape index (κ2) is 14.3. The van der Waals surface area contributed by atoms with E-state index in [1.807, 2.05) is 31.2 Å². The van der Waals surface area contributed by atoms with Crippen molar-refractivity contribution in [1.82, 2.24) is 26.0 Å². The van der Waals surface area contributed by atoms with Crippen LogP contribution in [-0.4, -0.2) is 75.9 Å². The number of aliphatic hydroxyl groups is 1. The number of aldehydes is 1. The first kappa shape index (κ1) is 33.1. The van der Waals surface area contributed by atoms with Gasteiger partial charge in [-0.2, -0.15) is 0 Å². The Hall–Kier alpha value is -4.79. The number of carbonyl (C=O) groups is 5. The first-order chi connectivity index (χ1) is 21.4. The van der Waals surface area contributed by atoms with E-state index in [-0.39, 0.29) is 29.0 Å². The van der Waals surface area contributed by atoms with Crippen molar-refractivity contribution in [2.45, 2.75) is 45.1 Å². The Morgan fingerprint density at radius 1 is 1.13 bits per heavy atom. The summed E-state index contributed by atoms with van der Waals surface area (Å²) in [4.78, 5) is 64.1. The molecule has 14 heteroatoms. The van der Waals surface area contributed by atoms with Crippen LogP contribution in [0.3, 0.4) is 0 Å². The number of aryl methyl sites for hydroxylation is 2. The summed E-state index contributed by atoms with van der Waals surface area (Å²) < 4.78 is 10.8. The van der Waals surface area contributed by atoms with Crippen LogP contribution in [0.15, 0.2) is 64.0 Å². The zero-order valence-electron chi connectivity index (χ0n) is 25.0. The third-order valence-electron chi connectivity index (χ3n) is 6.92. The smallest absolute Gasteiger partial charge is 0.293 e. The van der Waals surface area contributed by atoms with Crippen molar-refractivity contribution in [3.63, 3.8) is 0 Å². The maximum absolute atomic E-state index is 13.4. The maximum Gasteiger partial charge on any atom is 0.293 e. The van der Waals surface area contributed by atoms with Gasteiger partial charge in [-0.25, -0.2) is 0 Å². The molecule has 0 unspecified atom stereocenters. The van der Waals surface area contributed by atoms with Crippen molar-refractivity contribution < 1.29 is 38.3 Å². The standard InChI is InChI=1S/C31H33N5O8S/c1-18-5-7-22(8-6-18)15-32-27(39)25(33-31(17-37,20(3)38)34-28(40)24-13-19(2)44-35-24)16-43-23-11-9-21(10-12-23)14-26-29(41)36(4)30(42)45-26/h5-14,17,20,25,33,38H,15-16H2,1-4H3,(H,32,39)(H,34,40)/t20-,25+,31-/m1/s1. The summed E-state index contributed by atoms with van der Waals surface area (Å²) in [5.74, 6) is -1.06. The topological polar surface area (TPSA) is 180 Å². The van der Waals surface area contributed by atoms with Gasteiger partial charge in [-0.1, -0.05) is 47.1 Å². The quantitative estimate of drug-likeness (QED) is 0.123. The number of carbonyl (C=O) groups excluding carboxylic acids is 5. The number of thioether (sulfide) groups is 1. The minimum absolute atomic E-state index is 0.124. The molecule has 0 spiro atoms. The molecule has 0 saturated carbocycles. The molecular weight excluding hydrogens is 602 g/mol. The van der Waals surface area contributed by atoms with Crippen LogP contribution in [0.2, 0.25) is 0 Å². The van der Waals surface area contributed by atoms with Gasteiger partial charge in [-0.05, 0) is 61.9 Å². The van der Waals surface area contributed by atoms with Gasteiger partial charge < -0.3 is 25.0 Å². The Morgan fingerprint density at radius 3 is 2.38 bits per heavy atom. The van der Waals surface area contributed by atoms with Crippen molar-refractivity contribution in [2.75, 3.05) is 13.7 Å². The Morgan fingerprint density at radius 2 is 1.82 bits per heavy atom. The summed E-state index contributed by atoms with van der Waals surface area (Å²) in [6, 6.07) is 14.2. The number of rotatable bonds is 13. The van der Waals surface area contributed by atoms with Crippen LogP contribution in [0.1, 0.15) is 39.9 Å². The zero-order chi connectivity index (χ0) is 32.7. The molecule has 0 bridgehead atoms. The van der Waals surface area contributed by atoms with Gasteiger partial charge in [0.25, 0.3) is 17.1 Å². The lowest BCUT2D eigenvalue weighted by Gasteiger charge is -2.36. The summed E-state index contributed by atoms with van der Waals surface area (Å²) in [5, 5.41) is 21.9. The van der Waals surface area contributed by atoms with Crippen molar-refractivity contribution >= 4 is 47.1 Å². The fourth-order valence-electron chi connectivity index (χ4n) is 4.17. The fourth-order valence-corrected chi connectivity index (χ4v) is 5.00. The Kier molecular flexibility index (Phi) is 10.5. The van der Waals surface area contributed by atoms with Crippen LogP contribution in [0.4, 0.5) is 4.79 Å². The van der Waals surface area contributed by atoms with E-state index in [9.17, 15) is 29.1 Å². The highest BCUT2D eigenvalue weighted by Crippen LogP contribution is 2.31. The number of benzene rings is 2. The first-order valence-corrected chi connectivity index (χ1v) is 14.7. The Balaban J connectivity index is 1.52.